The number of hydrogen-bond acceptors (Lipinski definition) is 2. The number of hydrogen-bond donors (Lipinski definition) is 0. The summed E-state index contributed by atoms with van der Waals surface area (Å²) in [6.45, 7) is 0. The molecule has 0 N–H and O–H groups in total. The van der Waals surface area contributed by atoms with Crippen LogP contribution in [0.2, 0.25) is 0 Å². The van der Waals surface area contributed by atoms with Gasteiger partial charge >= 0.3 is 0 Å². The van der Waals surface area contributed by atoms with E-state index in [1.165, 1.54) is 0 Å². The van der Waals surface area contributed by atoms with Crippen molar-refractivity contribution in [2.45, 2.75) is 0 Å². The van der Waals surface area contributed by atoms with Crippen molar-refractivity contribution in [1.82, 2.24) is 9.55 Å². The fourth-order valence-electron chi connectivity index (χ4n) is 0.781. The highest BCUT2D eigenvalue weighted by Crippen LogP contribution is 2.05. The van der Waals surface area contributed by atoms with Gasteiger partial charge in [0.25, 0.3) is 0 Å². The predicted molar refractivity (Wildman–Crippen MR) is 37.5 cm³/mol. The summed E-state index contributed by atoms with van der Waals surface area (Å²) < 4.78 is 1.97. The first-order valence-electron chi connectivity index (χ1n) is 2.85. The SMILES string of the molecule is CN(C)c1cncn1C. The van der Waals surface area contributed by atoms with E-state index in [-0.39, 0.29) is 0 Å². The maximum Gasteiger partial charge on any atom is 0.127 e. The molecule has 3 nitrogen and oxygen atoms in total. The fraction of sp³-hybridized carbons (Fsp3) is 0.500. The van der Waals surface area contributed by atoms with Crippen LogP contribution in [0.4, 0.5) is 5.82 Å². The number of imidazole rings is 1. The Bertz CT molecular complexity index is 190. The van der Waals surface area contributed by atoms with Crippen LogP contribution in [0.1, 0.15) is 0 Å². The Balaban J connectivity index is 2.94. The molecule has 0 aliphatic carbocycles. The van der Waals surface area contributed by atoms with E-state index in [0.717, 1.165) is 5.82 Å². The maximum absolute atomic E-state index is 3.96. The number of nitrogens with zero attached hydrogens (tertiary/aromatic N) is 3. The molecule has 0 unspecified atom stereocenters. The molecule has 0 spiro atoms. The van der Waals surface area contributed by atoms with Crippen molar-refractivity contribution in [3.05, 3.63) is 12.5 Å². The van der Waals surface area contributed by atoms with Crippen molar-refractivity contribution in [3.8, 4) is 0 Å². The normalized spacial score (nSPS) is 9.67. The van der Waals surface area contributed by atoms with Crippen LogP contribution < -0.4 is 4.90 Å². The molecule has 0 radical (unpaired) electrons. The zero-order chi connectivity index (χ0) is 6.85. The molecule has 3 heteroatoms. The highest BCUT2D eigenvalue weighted by molar-refractivity contribution is 5.34. The van der Waals surface area contributed by atoms with Crippen molar-refractivity contribution < 1.29 is 0 Å². The van der Waals surface area contributed by atoms with Gasteiger partial charge in [0.15, 0.2) is 0 Å². The summed E-state index contributed by atoms with van der Waals surface area (Å²) in [5.74, 6) is 1.12. The van der Waals surface area contributed by atoms with Crippen molar-refractivity contribution in [1.29, 1.82) is 0 Å². The van der Waals surface area contributed by atoms with E-state index >= 15 is 0 Å². The number of anilines is 1. The van der Waals surface area contributed by atoms with Crippen LogP contribution in [0.3, 0.4) is 0 Å². The van der Waals surface area contributed by atoms with E-state index in [1.807, 2.05) is 36.8 Å². The van der Waals surface area contributed by atoms with Gasteiger partial charge in [0.1, 0.15) is 5.82 Å². The van der Waals surface area contributed by atoms with E-state index in [2.05, 4.69) is 4.98 Å². The van der Waals surface area contributed by atoms with E-state index in [0.29, 0.717) is 0 Å². The first-order valence-corrected chi connectivity index (χ1v) is 2.85. The maximum atomic E-state index is 3.96. The molecule has 0 saturated carbocycles. The third-order valence-corrected chi connectivity index (χ3v) is 1.25. The average molecular weight is 125 g/mol. The molecule has 0 amide bonds. The first kappa shape index (κ1) is 6.13. The molecule has 50 valence electrons. The topological polar surface area (TPSA) is 21.1 Å². The zero-order valence-electron chi connectivity index (χ0n) is 6.00. The van der Waals surface area contributed by atoms with Gasteiger partial charge in [-0.15, -0.1) is 0 Å². The Morgan fingerprint density at radius 3 is 2.44 bits per heavy atom. The summed E-state index contributed by atoms with van der Waals surface area (Å²) in [5, 5.41) is 0. The minimum absolute atomic E-state index is 1.12. The van der Waals surface area contributed by atoms with Gasteiger partial charge in [-0.05, 0) is 0 Å². The van der Waals surface area contributed by atoms with Crippen LogP contribution in [0.5, 0.6) is 0 Å². The second kappa shape index (κ2) is 2.09. The van der Waals surface area contributed by atoms with Crippen LogP contribution >= 0.6 is 0 Å². The molecule has 1 rings (SSSR count). The summed E-state index contributed by atoms with van der Waals surface area (Å²) in [4.78, 5) is 5.99. The van der Waals surface area contributed by atoms with Gasteiger partial charge in [-0.25, -0.2) is 4.98 Å². The smallest absolute Gasteiger partial charge is 0.127 e. The van der Waals surface area contributed by atoms with Gasteiger partial charge in [-0.3, -0.25) is 0 Å². The van der Waals surface area contributed by atoms with Crippen LogP contribution in [-0.2, 0) is 7.05 Å². The number of aromatic nitrogens is 2. The summed E-state index contributed by atoms with van der Waals surface area (Å²) in [6, 6.07) is 0. The molecule has 1 aromatic rings. The van der Waals surface area contributed by atoms with Crippen LogP contribution in [-0.4, -0.2) is 23.6 Å². The first-order chi connectivity index (χ1) is 4.22. The summed E-state index contributed by atoms with van der Waals surface area (Å²) in [7, 11) is 5.97. The molecule has 0 saturated heterocycles. The molecule has 0 aliphatic heterocycles. The second-order valence-corrected chi connectivity index (χ2v) is 2.26. The summed E-state index contributed by atoms with van der Waals surface area (Å²) in [6.07, 6.45) is 3.62. The Hall–Kier alpha value is -0.990. The lowest BCUT2D eigenvalue weighted by Crippen LogP contribution is -2.11. The molecule has 9 heavy (non-hydrogen) atoms. The molecule has 1 heterocycles. The van der Waals surface area contributed by atoms with Crippen molar-refractivity contribution in [2.24, 2.45) is 7.05 Å². The van der Waals surface area contributed by atoms with Crippen LogP contribution in [0, 0.1) is 0 Å². The Morgan fingerprint density at radius 1 is 1.56 bits per heavy atom. The molecule has 0 bridgehead atoms. The number of aryl methyl sites for hydroxylation is 1. The Labute approximate surface area is 54.9 Å². The molecule has 0 atom stereocenters. The highest BCUT2D eigenvalue weighted by atomic mass is 15.2. The molecule has 0 aromatic carbocycles. The summed E-state index contributed by atoms with van der Waals surface area (Å²) >= 11 is 0. The monoisotopic (exact) mass is 125 g/mol. The lowest BCUT2D eigenvalue weighted by atomic mass is 10.6. The minimum atomic E-state index is 1.12. The lowest BCUT2D eigenvalue weighted by molar-refractivity contribution is 0.878. The standard InChI is InChI=1S/C6H11N3/c1-8(2)6-4-7-5-9(6)3/h4-5H,1-3H3. The van der Waals surface area contributed by atoms with Crippen molar-refractivity contribution in [2.75, 3.05) is 19.0 Å². The second-order valence-electron chi connectivity index (χ2n) is 2.26. The van der Waals surface area contributed by atoms with Crippen LogP contribution in [0.15, 0.2) is 12.5 Å². The third-order valence-electron chi connectivity index (χ3n) is 1.25. The predicted octanol–water partition coefficient (Wildman–Crippen LogP) is 0.486. The molecule has 1 aromatic heterocycles. The summed E-state index contributed by atoms with van der Waals surface area (Å²) in [5.41, 5.74) is 0. The van der Waals surface area contributed by atoms with E-state index in [9.17, 15) is 0 Å². The van der Waals surface area contributed by atoms with Gasteiger partial charge in [-0.1, -0.05) is 0 Å². The quantitative estimate of drug-likeness (QED) is 0.544. The Kier molecular flexibility index (Phi) is 1.42. The minimum Gasteiger partial charge on any atom is -0.363 e. The third kappa shape index (κ3) is 1.04. The Morgan fingerprint density at radius 2 is 2.22 bits per heavy atom. The number of rotatable bonds is 1. The van der Waals surface area contributed by atoms with Gasteiger partial charge in [-0.2, -0.15) is 0 Å². The highest BCUT2D eigenvalue weighted by Gasteiger charge is 1.96. The van der Waals surface area contributed by atoms with Crippen LogP contribution in [0.25, 0.3) is 0 Å². The van der Waals surface area contributed by atoms with E-state index in [4.69, 9.17) is 0 Å². The van der Waals surface area contributed by atoms with Gasteiger partial charge in [0, 0.05) is 21.1 Å². The van der Waals surface area contributed by atoms with Crippen molar-refractivity contribution in [3.63, 3.8) is 0 Å². The van der Waals surface area contributed by atoms with E-state index < -0.39 is 0 Å². The van der Waals surface area contributed by atoms with Gasteiger partial charge < -0.3 is 9.47 Å². The average Bonchev–Trinajstić information content (AvgIpc) is 2.13. The van der Waals surface area contributed by atoms with Gasteiger partial charge in [0.2, 0.25) is 0 Å². The zero-order valence-corrected chi connectivity index (χ0v) is 6.00. The molecular formula is C6H11N3. The largest absolute Gasteiger partial charge is 0.363 e. The van der Waals surface area contributed by atoms with E-state index in [1.54, 1.807) is 6.33 Å². The molecule has 0 fully saturated rings. The lowest BCUT2D eigenvalue weighted by Gasteiger charge is -2.10. The molecule has 0 aliphatic rings. The fourth-order valence-corrected chi connectivity index (χ4v) is 0.781. The van der Waals surface area contributed by atoms with Gasteiger partial charge in [0.05, 0.1) is 12.5 Å². The molecular weight excluding hydrogens is 114 g/mol. The van der Waals surface area contributed by atoms with Crippen molar-refractivity contribution >= 4 is 5.82 Å².